The van der Waals surface area contributed by atoms with Crippen molar-refractivity contribution in [3.05, 3.63) is 23.0 Å². The summed E-state index contributed by atoms with van der Waals surface area (Å²) in [6, 6.07) is 0. The lowest BCUT2D eigenvalue weighted by Crippen LogP contribution is -1.77. The van der Waals surface area contributed by atoms with E-state index in [1.165, 1.54) is 0 Å². The quantitative estimate of drug-likeness (QED) is 0.452. The monoisotopic (exact) mass is 114 g/mol. The summed E-state index contributed by atoms with van der Waals surface area (Å²) < 4.78 is 0. The van der Waals surface area contributed by atoms with Crippen LogP contribution in [0.15, 0.2) is 23.0 Å². The minimum Gasteiger partial charge on any atom is -0.207 e. The molecular formula is C6H10S. The molecule has 0 nitrogen and oxygen atoms in total. The molecule has 0 saturated heterocycles. The first-order valence-corrected chi connectivity index (χ1v) is 4.86. The number of allylic oxidation sites excluding steroid dienone is 2. The summed E-state index contributed by atoms with van der Waals surface area (Å²) in [6.45, 7) is 0. The van der Waals surface area contributed by atoms with Gasteiger partial charge in [0.1, 0.15) is 0 Å². The third kappa shape index (κ3) is 1.10. The predicted octanol–water partition coefficient (Wildman–Crippen LogP) is 2.09. The van der Waals surface area contributed by atoms with Gasteiger partial charge in [-0.15, -0.1) is 0 Å². The van der Waals surface area contributed by atoms with Crippen LogP contribution in [0.2, 0.25) is 0 Å². The normalized spacial score (nSPS) is 28.3. The number of hydrogen-bond donors (Lipinski definition) is 0. The van der Waals surface area contributed by atoms with Crippen molar-refractivity contribution in [2.45, 2.75) is 0 Å². The Morgan fingerprint density at radius 2 is 1.43 bits per heavy atom. The lowest BCUT2D eigenvalue weighted by molar-refractivity contribution is 2.15. The Balaban J connectivity index is 2.77. The van der Waals surface area contributed by atoms with Gasteiger partial charge < -0.3 is 0 Å². The fraction of sp³-hybridized carbons (Fsp3) is 0.333. The molecule has 0 fully saturated rings. The number of rotatable bonds is 0. The third-order valence-corrected chi connectivity index (χ3v) is 2.69. The SMILES string of the molecule is CS1(C)C=CC=C1. The summed E-state index contributed by atoms with van der Waals surface area (Å²) in [7, 11) is -0.407. The molecule has 0 bridgehead atoms. The smallest absolute Gasteiger partial charge is 0.0278 e. The van der Waals surface area contributed by atoms with Crippen molar-refractivity contribution in [3.63, 3.8) is 0 Å². The molecule has 1 aliphatic heterocycles. The molecule has 0 aromatic heterocycles. The molecule has 0 N–H and O–H groups in total. The molecule has 1 rings (SSSR count). The van der Waals surface area contributed by atoms with Gasteiger partial charge in [-0.3, -0.25) is 0 Å². The molecule has 1 heterocycles. The van der Waals surface area contributed by atoms with Crippen LogP contribution in [-0.4, -0.2) is 12.5 Å². The van der Waals surface area contributed by atoms with Crippen LogP contribution in [-0.2, 0) is 0 Å². The lowest BCUT2D eigenvalue weighted by atomic mass is 10.6. The standard InChI is InChI=1S/C6H10S/c1-7(2)5-3-4-6-7/h3-6H,1-2H3. The second-order valence-electron chi connectivity index (χ2n) is 2.14. The average Bonchev–Trinajstić information content (AvgIpc) is 1.84. The molecule has 40 valence electrons. The maximum atomic E-state index is 2.27. The fourth-order valence-electron chi connectivity index (χ4n) is 0.541. The lowest BCUT2D eigenvalue weighted by Gasteiger charge is -2.16. The Kier molecular flexibility index (Phi) is 1.00. The van der Waals surface area contributed by atoms with E-state index in [-0.39, 0.29) is 0 Å². The highest BCUT2D eigenvalue weighted by molar-refractivity contribution is 8.37. The van der Waals surface area contributed by atoms with Crippen LogP contribution in [0, 0.1) is 0 Å². The molecule has 0 aromatic rings. The van der Waals surface area contributed by atoms with E-state index in [4.69, 9.17) is 0 Å². The predicted molar refractivity (Wildman–Crippen MR) is 37.7 cm³/mol. The van der Waals surface area contributed by atoms with Crippen molar-refractivity contribution >= 4 is 10.0 Å². The summed E-state index contributed by atoms with van der Waals surface area (Å²) in [5, 5.41) is 4.54. The van der Waals surface area contributed by atoms with E-state index >= 15 is 0 Å². The van der Waals surface area contributed by atoms with Crippen LogP contribution in [0.5, 0.6) is 0 Å². The zero-order valence-electron chi connectivity index (χ0n) is 4.72. The Morgan fingerprint density at radius 1 is 1.00 bits per heavy atom. The highest BCUT2D eigenvalue weighted by atomic mass is 32.3. The highest BCUT2D eigenvalue weighted by Gasteiger charge is 2.02. The topological polar surface area (TPSA) is 0 Å². The number of hydrogen-bond acceptors (Lipinski definition) is 0. The van der Waals surface area contributed by atoms with E-state index in [9.17, 15) is 0 Å². The second-order valence-corrected chi connectivity index (χ2v) is 5.66. The molecule has 1 heteroatoms. The molecule has 0 radical (unpaired) electrons. The van der Waals surface area contributed by atoms with E-state index in [1.807, 2.05) is 0 Å². The van der Waals surface area contributed by atoms with Crippen LogP contribution in [0.25, 0.3) is 0 Å². The van der Waals surface area contributed by atoms with E-state index < -0.39 is 10.0 Å². The van der Waals surface area contributed by atoms with Crippen LogP contribution < -0.4 is 0 Å². The highest BCUT2D eigenvalue weighted by Crippen LogP contribution is 2.45. The van der Waals surface area contributed by atoms with E-state index in [0.717, 1.165) is 0 Å². The van der Waals surface area contributed by atoms with Gasteiger partial charge in [0.05, 0.1) is 0 Å². The van der Waals surface area contributed by atoms with E-state index in [2.05, 4.69) is 35.5 Å². The zero-order chi connectivity index (χ0) is 5.33. The second kappa shape index (κ2) is 1.41. The Morgan fingerprint density at radius 3 is 1.57 bits per heavy atom. The van der Waals surface area contributed by atoms with Crippen LogP contribution in [0.4, 0.5) is 0 Å². The van der Waals surface area contributed by atoms with Crippen LogP contribution in [0.1, 0.15) is 0 Å². The summed E-state index contributed by atoms with van der Waals surface area (Å²) >= 11 is 0. The fourth-order valence-corrected chi connectivity index (χ4v) is 1.62. The van der Waals surface area contributed by atoms with Gasteiger partial charge >= 0.3 is 0 Å². The van der Waals surface area contributed by atoms with Gasteiger partial charge in [-0.05, 0) is 23.3 Å². The maximum Gasteiger partial charge on any atom is -0.0278 e. The molecule has 0 saturated carbocycles. The molecule has 0 aromatic carbocycles. The first-order valence-electron chi connectivity index (χ1n) is 2.29. The Hall–Kier alpha value is -0.170. The van der Waals surface area contributed by atoms with Gasteiger partial charge in [0, 0.05) is 0 Å². The van der Waals surface area contributed by atoms with Crippen molar-refractivity contribution in [3.8, 4) is 0 Å². The molecule has 0 amide bonds. The van der Waals surface area contributed by atoms with Crippen molar-refractivity contribution in [1.29, 1.82) is 0 Å². The largest absolute Gasteiger partial charge is 0.207 e. The summed E-state index contributed by atoms with van der Waals surface area (Å²) in [4.78, 5) is 0. The first-order chi connectivity index (χ1) is 3.21. The first kappa shape index (κ1) is 4.98. The molecule has 0 atom stereocenters. The van der Waals surface area contributed by atoms with Crippen molar-refractivity contribution < 1.29 is 0 Å². The van der Waals surface area contributed by atoms with Gasteiger partial charge in [0.2, 0.25) is 0 Å². The molecule has 1 aliphatic rings. The molecule has 0 spiro atoms. The van der Waals surface area contributed by atoms with Gasteiger partial charge in [-0.25, -0.2) is 10.0 Å². The molecule has 0 aliphatic carbocycles. The van der Waals surface area contributed by atoms with Crippen LogP contribution in [0.3, 0.4) is 0 Å². The van der Waals surface area contributed by atoms with Gasteiger partial charge in [-0.2, -0.15) is 0 Å². The minimum absolute atomic E-state index is 0.407. The van der Waals surface area contributed by atoms with Crippen molar-refractivity contribution in [2.24, 2.45) is 0 Å². The minimum atomic E-state index is -0.407. The molecule has 7 heavy (non-hydrogen) atoms. The van der Waals surface area contributed by atoms with E-state index in [1.54, 1.807) is 0 Å². The van der Waals surface area contributed by atoms with Crippen molar-refractivity contribution in [2.75, 3.05) is 12.5 Å². The zero-order valence-corrected chi connectivity index (χ0v) is 5.53. The third-order valence-electron chi connectivity index (χ3n) is 0.970. The maximum absolute atomic E-state index is 2.27. The summed E-state index contributed by atoms with van der Waals surface area (Å²) in [6.07, 6.45) is 8.78. The van der Waals surface area contributed by atoms with Crippen molar-refractivity contribution in [1.82, 2.24) is 0 Å². The Labute approximate surface area is 46.2 Å². The molecular weight excluding hydrogens is 104 g/mol. The van der Waals surface area contributed by atoms with Gasteiger partial charge in [0.25, 0.3) is 0 Å². The summed E-state index contributed by atoms with van der Waals surface area (Å²) in [5.74, 6) is 0. The average molecular weight is 114 g/mol. The Bertz CT molecular complexity index is 106. The van der Waals surface area contributed by atoms with E-state index in [0.29, 0.717) is 0 Å². The summed E-state index contributed by atoms with van der Waals surface area (Å²) in [5.41, 5.74) is 0. The van der Waals surface area contributed by atoms with Gasteiger partial charge in [-0.1, -0.05) is 12.2 Å². The van der Waals surface area contributed by atoms with Crippen LogP contribution >= 0.6 is 10.0 Å². The van der Waals surface area contributed by atoms with Gasteiger partial charge in [0.15, 0.2) is 0 Å². The molecule has 0 unspecified atom stereocenters.